The molecule has 1 N–H and O–H groups in total. The van der Waals surface area contributed by atoms with Gasteiger partial charge in [0, 0.05) is 31.4 Å². The molecule has 0 radical (unpaired) electrons. The molecule has 4 atom stereocenters. The van der Waals surface area contributed by atoms with E-state index in [-0.39, 0.29) is 6.10 Å². The van der Waals surface area contributed by atoms with E-state index in [0.717, 1.165) is 6.54 Å². The van der Waals surface area contributed by atoms with Crippen LogP contribution in [0.2, 0.25) is 0 Å². The van der Waals surface area contributed by atoms with Gasteiger partial charge in [-0.1, -0.05) is 19.1 Å². The minimum atomic E-state index is 0.144. The number of nitrogens with zero attached hydrogens (tertiary/aromatic N) is 1. The number of nitrogens with one attached hydrogen (secondary N) is 1. The molecule has 1 aliphatic heterocycles. The Morgan fingerprint density at radius 2 is 2.10 bits per heavy atom. The van der Waals surface area contributed by atoms with Crippen molar-refractivity contribution >= 4 is 5.69 Å². The van der Waals surface area contributed by atoms with Crippen molar-refractivity contribution in [1.29, 1.82) is 0 Å². The van der Waals surface area contributed by atoms with Crippen LogP contribution in [0.1, 0.15) is 38.9 Å². The minimum absolute atomic E-state index is 0.144. The van der Waals surface area contributed by atoms with Gasteiger partial charge in [-0.15, -0.1) is 0 Å². The Hall–Kier alpha value is -1.06. The number of piperidine rings is 1. The van der Waals surface area contributed by atoms with Crippen LogP contribution >= 0.6 is 0 Å². The standard InChI is InChI=1S/C17H28N2O/c1-12-11-19(4)13(2)9-17(12)18-16-8-6-7-15(10-16)14(3)20-5/h6-8,10,12-14,17-18H,9,11H2,1-5H3. The van der Waals surface area contributed by atoms with Crippen molar-refractivity contribution in [2.45, 2.75) is 45.4 Å². The Bertz CT molecular complexity index is 435. The van der Waals surface area contributed by atoms with Gasteiger partial charge in [0.05, 0.1) is 6.10 Å². The fourth-order valence-corrected chi connectivity index (χ4v) is 2.97. The fraction of sp³-hybridized carbons (Fsp3) is 0.647. The predicted molar refractivity (Wildman–Crippen MR) is 85.1 cm³/mol. The van der Waals surface area contributed by atoms with E-state index in [1.54, 1.807) is 7.11 Å². The Balaban J connectivity index is 2.06. The first-order valence-corrected chi connectivity index (χ1v) is 7.60. The zero-order valence-electron chi connectivity index (χ0n) is 13.4. The largest absolute Gasteiger partial charge is 0.382 e. The summed E-state index contributed by atoms with van der Waals surface area (Å²) in [5.41, 5.74) is 2.44. The molecule has 20 heavy (non-hydrogen) atoms. The topological polar surface area (TPSA) is 24.5 Å². The van der Waals surface area contributed by atoms with E-state index in [9.17, 15) is 0 Å². The molecule has 1 aromatic rings. The molecule has 2 rings (SSSR count). The summed E-state index contributed by atoms with van der Waals surface area (Å²) in [7, 11) is 3.98. The summed E-state index contributed by atoms with van der Waals surface area (Å²) in [6.07, 6.45) is 1.34. The maximum absolute atomic E-state index is 5.40. The molecule has 0 aromatic heterocycles. The van der Waals surface area contributed by atoms with Crippen LogP contribution in [0.3, 0.4) is 0 Å². The number of likely N-dealkylation sites (tertiary alicyclic amines) is 1. The highest BCUT2D eigenvalue weighted by Crippen LogP contribution is 2.26. The van der Waals surface area contributed by atoms with Crippen LogP contribution in [0.15, 0.2) is 24.3 Å². The molecule has 0 spiro atoms. The summed E-state index contributed by atoms with van der Waals surface area (Å²) < 4.78 is 5.40. The summed E-state index contributed by atoms with van der Waals surface area (Å²) in [4.78, 5) is 2.45. The molecule has 3 heteroatoms. The third kappa shape index (κ3) is 3.53. The number of ether oxygens (including phenoxy) is 1. The number of hydrogen-bond donors (Lipinski definition) is 1. The lowest BCUT2D eigenvalue weighted by Gasteiger charge is -2.40. The van der Waals surface area contributed by atoms with E-state index < -0.39 is 0 Å². The van der Waals surface area contributed by atoms with Gasteiger partial charge in [0.1, 0.15) is 0 Å². The van der Waals surface area contributed by atoms with Crippen LogP contribution in [0.5, 0.6) is 0 Å². The molecule has 0 amide bonds. The third-order valence-electron chi connectivity index (χ3n) is 4.67. The second-order valence-corrected chi connectivity index (χ2v) is 6.26. The molecular formula is C17H28N2O. The molecule has 1 aromatic carbocycles. The van der Waals surface area contributed by atoms with Gasteiger partial charge < -0.3 is 15.0 Å². The monoisotopic (exact) mass is 276 g/mol. The molecule has 1 saturated heterocycles. The van der Waals surface area contributed by atoms with Crippen molar-refractivity contribution in [3.63, 3.8) is 0 Å². The average Bonchev–Trinajstić information content (AvgIpc) is 2.44. The van der Waals surface area contributed by atoms with Crippen LogP contribution in [-0.2, 0) is 4.74 Å². The molecule has 4 unspecified atom stereocenters. The zero-order chi connectivity index (χ0) is 14.7. The van der Waals surface area contributed by atoms with Gasteiger partial charge in [0.2, 0.25) is 0 Å². The average molecular weight is 276 g/mol. The highest BCUT2D eigenvalue weighted by molar-refractivity contribution is 5.47. The van der Waals surface area contributed by atoms with Gasteiger partial charge in [-0.2, -0.15) is 0 Å². The third-order valence-corrected chi connectivity index (χ3v) is 4.67. The van der Waals surface area contributed by atoms with Crippen molar-refractivity contribution in [2.75, 3.05) is 26.0 Å². The highest BCUT2D eigenvalue weighted by Gasteiger charge is 2.28. The van der Waals surface area contributed by atoms with Gasteiger partial charge in [-0.3, -0.25) is 0 Å². The quantitative estimate of drug-likeness (QED) is 0.910. The molecule has 112 valence electrons. The molecule has 0 bridgehead atoms. The van der Waals surface area contributed by atoms with E-state index in [2.05, 4.69) is 62.3 Å². The summed E-state index contributed by atoms with van der Waals surface area (Å²) in [6, 6.07) is 9.79. The number of anilines is 1. The highest BCUT2D eigenvalue weighted by atomic mass is 16.5. The van der Waals surface area contributed by atoms with E-state index in [1.165, 1.54) is 17.7 Å². The number of methoxy groups -OCH3 is 1. The number of benzene rings is 1. The lowest BCUT2D eigenvalue weighted by molar-refractivity contribution is 0.119. The summed E-state index contributed by atoms with van der Waals surface area (Å²) in [5.74, 6) is 0.666. The van der Waals surface area contributed by atoms with Crippen molar-refractivity contribution in [2.24, 2.45) is 5.92 Å². The second-order valence-electron chi connectivity index (χ2n) is 6.26. The SMILES string of the molecule is COC(C)c1cccc(NC2CC(C)N(C)CC2C)c1. The lowest BCUT2D eigenvalue weighted by Crippen LogP contribution is -2.48. The first kappa shape index (κ1) is 15.3. The van der Waals surface area contributed by atoms with Crippen molar-refractivity contribution in [1.82, 2.24) is 4.90 Å². The summed E-state index contributed by atoms with van der Waals surface area (Å²) >= 11 is 0. The van der Waals surface area contributed by atoms with Gasteiger partial charge in [-0.25, -0.2) is 0 Å². The van der Waals surface area contributed by atoms with E-state index >= 15 is 0 Å². The van der Waals surface area contributed by atoms with E-state index in [1.807, 2.05) is 0 Å². The predicted octanol–water partition coefficient (Wildman–Crippen LogP) is 3.53. The van der Waals surface area contributed by atoms with E-state index in [4.69, 9.17) is 4.74 Å². The van der Waals surface area contributed by atoms with Crippen molar-refractivity contribution < 1.29 is 4.74 Å². The van der Waals surface area contributed by atoms with Gasteiger partial charge >= 0.3 is 0 Å². The maximum atomic E-state index is 5.40. The first-order valence-electron chi connectivity index (χ1n) is 7.60. The van der Waals surface area contributed by atoms with Crippen molar-refractivity contribution in [3.05, 3.63) is 29.8 Å². The molecular weight excluding hydrogens is 248 g/mol. The van der Waals surface area contributed by atoms with Crippen LogP contribution in [0.25, 0.3) is 0 Å². The second kappa shape index (κ2) is 6.59. The lowest BCUT2D eigenvalue weighted by atomic mass is 9.89. The van der Waals surface area contributed by atoms with Crippen LogP contribution in [0.4, 0.5) is 5.69 Å². The number of hydrogen-bond acceptors (Lipinski definition) is 3. The van der Waals surface area contributed by atoms with E-state index in [0.29, 0.717) is 18.0 Å². The smallest absolute Gasteiger partial charge is 0.0793 e. The van der Waals surface area contributed by atoms with Crippen molar-refractivity contribution in [3.8, 4) is 0 Å². The first-order chi connectivity index (χ1) is 9.51. The molecule has 0 saturated carbocycles. The molecule has 1 heterocycles. The summed E-state index contributed by atoms with van der Waals surface area (Å²) in [5, 5.41) is 3.72. The minimum Gasteiger partial charge on any atom is -0.382 e. The maximum Gasteiger partial charge on any atom is 0.0793 e. The van der Waals surface area contributed by atoms with Crippen LogP contribution in [-0.4, -0.2) is 37.7 Å². The normalized spacial score (nSPS) is 29.1. The zero-order valence-corrected chi connectivity index (χ0v) is 13.4. The number of rotatable bonds is 4. The molecule has 0 aliphatic carbocycles. The Morgan fingerprint density at radius 3 is 2.80 bits per heavy atom. The van der Waals surface area contributed by atoms with Gasteiger partial charge in [0.15, 0.2) is 0 Å². The Labute approximate surface area is 123 Å². The fourth-order valence-electron chi connectivity index (χ4n) is 2.97. The van der Waals surface area contributed by atoms with Crippen LogP contribution < -0.4 is 5.32 Å². The van der Waals surface area contributed by atoms with Gasteiger partial charge in [0.25, 0.3) is 0 Å². The molecule has 1 fully saturated rings. The molecule has 3 nitrogen and oxygen atoms in total. The van der Waals surface area contributed by atoms with Crippen LogP contribution in [0, 0.1) is 5.92 Å². The summed E-state index contributed by atoms with van der Waals surface area (Å²) in [6.45, 7) is 7.89. The van der Waals surface area contributed by atoms with Gasteiger partial charge in [-0.05, 0) is 50.9 Å². The Kier molecular flexibility index (Phi) is 5.06. The molecule has 1 aliphatic rings. The Morgan fingerprint density at radius 1 is 1.35 bits per heavy atom.